The lowest BCUT2D eigenvalue weighted by atomic mass is 9.85. The lowest BCUT2D eigenvalue weighted by Crippen LogP contribution is -2.19. The molecule has 1 unspecified atom stereocenters. The van der Waals surface area contributed by atoms with Crippen LogP contribution in [0.5, 0.6) is 11.5 Å². The molecule has 144 valence electrons. The molecular weight excluding hydrogens is 350 g/mol. The van der Waals surface area contributed by atoms with Crippen LogP contribution in [0, 0.1) is 13.8 Å². The van der Waals surface area contributed by atoms with Crippen LogP contribution in [0.25, 0.3) is 0 Å². The standard InChI is InChI=1S/C19H23N3O5/c1-5-25-13-8-7-12(9-14(13)26-6-2)17(15-10(3)20-21-18(15)23)16-11(4)22-27-19(16)24/h7-9,17,22H,5-6H2,1-4H3,(H2,20,21,23). The number of hydrogen-bond donors (Lipinski definition) is 3. The van der Waals surface area contributed by atoms with Crippen LogP contribution in [0.15, 0.2) is 32.3 Å². The number of aryl methyl sites for hydroxylation is 2. The molecule has 2 heterocycles. The van der Waals surface area contributed by atoms with Crippen molar-refractivity contribution in [2.24, 2.45) is 0 Å². The van der Waals surface area contributed by atoms with E-state index in [0.717, 1.165) is 5.56 Å². The maximum atomic E-state index is 12.5. The van der Waals surface area contributed by atoms with Crippen LogP contribution in [-0.4, -0.2) is 28.6 Å². The summed E-state index contributed by atoms with van der Waals surface area (Å²) in [6, 6.07) is 5.42. The summed E-state index contributed by atoms with van der Waals surface area (Å²) < 4.78 is 16.3. The van der Waals surface area contributed by atoms with Gasteiger partial charge in [-0.25, -0.2) is 9.95 Å². The molecule has 0 saturated carbocycles. The van der Waals surface area contributed by atoms with Gasteiger partial charge in [-0.15, -0.1) is 0 Å². The quantitative estimate of drug-likeness (QED) is 0.589. The van der Waals surface area contributed by atoms with E-state index in [4.69, 9.17) is 14.0 Å². The van der Waals surface area contributed by atoms with Gasteiger partial charge in [0.15, 0.2) is 11.5 Å². The fourth-order valence-electron chi connectivity index (χ4n) is 3.25. The number of nitrogens with one attached hydrogen (secondary N) is 3. The minimum Gasteiger partial charge on any atom is -0.490 e. The summed E-state index contributed by atoms with van der Waals surface area (Å²) in [5.74, 6) is 0.556. The largest absolute Gasteiger partial charge is 0.490 e. The molecule has 0 spiro atoms. The van der Waals surface area contributed by atoms with Crippen molar-refractivity contribution in [3.05, 3.63) is 67.1 Å². The zero-order valence-electron chi connectivity index (χ0n) is 15.8. The second-order valence-corrected chi connectivity index (χ2v) is 6.15. The smallest absolute Gasteiger partial charge is 0.361 e. The normalized spacial score (nSPS) is 12.1. The predicted octanol–water partition coefficient (Wildman–Crippen LogP) is 2.58. The van der Waals surface area contributed by atoms with Gasteiger partial charge in [0.25, 0.3) is 5.56 Å². The topological polar surface area (TPSA) is 113 Å². The molecule has 0 aliphatic rings. The lowest BCUT2D eigenvalue weighted by molar-refractivity contribution is 0.287. The summed E-state index contributed by atoms with van der Waals surface area (Å²) >= 11 is 0. The van der Waals surface area contributed by atoms with Gasteiger partial charge < -0.3 is 19.1 Å². The molecule has 8 heteroatoms. The van der Waals surface area contributed by atoms with Crippen LogP contribution in [0.1, 0.15) is 47.8 Å². The van der Waals surface area contributed by atoms with Gasteiger partial charge in [-0.2, -0.15) is 0 Å². The van der Waals surface area contributed by atoms with Gasteiger partial charge in [-0.3, -0.25) is 9.89 Å². The van der Waals surface area contributed by atoms with E-state index in [2.05, 4.69) is 15.4 Å². The van der Waals surface area contributed by atoms with Gasteiger partial charge in [0.2, 0.25) is 0 Å². The Bertz CT molecular complexity index is 986. The van der Waals surface area contributed by atoms with Crippen molar-refractivity contribution in [1.82, 2.24) is 15.4 Å². The van der Waals surface area contributed by atoms with Crippen LogP contribution in [0.3, 0.4) is 0 Å². The lowest BCUT2D eigenvalue weighted by Gasteiger charge is -2.18. The molecule has 0 bridgehead atoms. The van der Waals surface area contributed by atoms with Gasteiger partial charge in [0.05, 0.1) is 36.0 Å². The number of aromatic amines is 3. The first-order valence-corrected chi connectivity index (χ1v) is 8.82. The van der Waals surface area contributed by atoms with E-state index in [1.165, 1.54) is 0 Å². The van der Waals surface area contributed by atoms with Gasteiger partial charge in [-0.05, 0) is 45.4 Å². The van der Waals surface area contributed by atoms with Crippen LogP contribution >= 0.6 is 0 Å². The zero-order chi connectivity index (χ0) is 19.6. The van der Waals surface area contributed by atoms with Crippen LogP contribution in [0.2, 0.25) is 0 Å². The summed E-state index contributed by atoms with van der Waals surface area (Å²) in [4.78, 5) is 24.8. The molecular formula is C19H23N3O5. The SMILES string of the molecule is CCOc1ccc(C(c2c(C)[nH][nH]c2=O)c2c(C)[nH]oc2=O)cc1OCC. The van der Waals surface area contributed by atoms with E-state index < -0.39 is 11.5 Å². The highest BCUT2D eigenvalue weighted by Gasteiger charge is 2.29. The molecule has 0 amide bonds. The third kappa shape index (κ3) is 3.42. The summed E-state index contributed by atoms with van der Waals surface area (Å²) in [5, 5.41) is 8.00. The fraction of sp³-hybridized carbons (Fsp3) is 0.368. The monoisotopic (exact) mass is 373 g/mol. The zero-order valence-corrected chi connectivity index (χ0v) is 15.8. The molecule has 3 rings (SSSR count). The van der Waals surface area contributed by atoms with Crippen LogP contribution in [0.4, 0.5) is 0 Å². The van der Waals surface area contributed by atoms with E-state index >= 15 is 0 Å². The van der Waals surface area contributed by atoms with Crippen molar-refractivity contribution in [2.45, 2.75) is 33.6 Å². The van der Waals surface area contributed by atoms with Crippen molar-refractivity contribution in [3.8, 4) is 11.5 Å². The Morgan fingerprint density at radius 1 is 0.963 bits per heavy atom. The van der Waals surface area contributed by atoms with E-state index in [1.54, 1.807) is 26.0 Å². The van der Waals surface area contributed by atoms with Gasteiger partial charge in [0.1, 0.15) is 0 Å². The highest BCUT2D eigenvalue weighted by Crippen LogP contribution is 2.36. The molecule has 0 fully saturated rings. The van der Waals surface area contributed by atoms with Crippen molar-refractivity contribution < 1.29 is 14.0 Å². The Balaban J connectivity index is 2.25. The molecule has 0 saturated heterocycles. The molecule has 0 aliphatic carbocycles. The summed E-state index contributed by atoms with van der Waals surface area (Å²) in [7, 11) is 0. The highest BCUT2D eigenvalue weighted by atomic mass is 16.5. The molecule has 0 radical (unpaired) electrons. The van der Waals surface area contributed by atoms with E-state index in [1.807, 2.05) is 19.9 Å². The van der Waals surface area contributed by atoms with E-state index in [0.29, 0.717) is 47.2 Å². The maximum absolute atomic E-state index is 12.5. The number of benzene rings is 1. The fourth-order valence-corrected chi connectivity index (χ4v) is 3.25. The Hall–Kier alpha value is -3.16. The molecule has 8 nitrogen and oxygen atoms in total. The van der Waals surface area contributed by atoms with Crippen LogP contribution in [-0.2, 0) is 0 Å². The van der Waals surface area contributed by atoms with Crippen LogP contribution < -0.4 is 20.7 Å². The second kappa shape index (κ2) is 7.61. The summed E-state index contributed by atoms with van der Waals surface area (Å²) in [6.07, 6.45) is 0. The Labute approximate surface area is 155 Å². The molecule has 3 aromatic rings. The van der Waals surface area contributed by atoms with Crippen molar-refractivity contribution in [1.29, 1.82) is 0 Å². The Morgan fingerprint density at radius 2 is 1.67 bits per heavy atom. The number of hydrogen-bond acceptors (Lipinski definition) is 5. The minimum atomic E-state index is -0.614. The summed E-state index contributed by atoms with van der Waals surface area (Å²) in [5.41, 5.74) is 1.99. The number of rotatable bonds is 7. The number of H-pyrrole nitrogens is 3. The van der Waals surface area contributed by atoms with Gasteiger partial charge in [0, 0.05) is 5.69 Å². The van der Waals surface area contributed by atoms with E-state index in [-0.39, 0.29) is 5.56 Å². The van der Waals surface area contributed by atoms with Gasteiger partial charge in [-0.1, -0.05) is 6.07 Å². The predicted molar refractivity (Wildman–Crippen MR) is 99.9 cm³/mol. The van der Waals surface area contributed by atoms with Crippen molar-refractivity contribution in [3.63, 3.8) is 0 Å². The molecule has 0 aliphatic heterocycles. The first-order valence-electron chi connectivity index (χ1n) is 8.82. The maximum Gasteiger partial charge on any atom is 0.361 e. The number of aromatic nitrogens is 3. The highest BCUT2D eigenvalue weighted by molar-refractivity contribution is 5.50. The Kier molecular flexibility index (Phi) is 5.25. The molecule has 27 heavy (non-hydrogen) atoms. The number of ether oxygens (including phenoxy) is 2. The third-order valence-electron chi connectivity index (χ3n) is 4.41. The average molecular weight is 373 g/mol. The Morgan fingerprint density at radius 3 is 2.22 bits per heavy atom. The van der Waals surface area contributed by atoms with Crippen molar-refractivity contribution in [2.75, 3.05) is 13.2 Å². The first kappa shape index (κ1) is 18.6. The third-order valence-corrected chi connectivity index (χ3v) is 4.41. The molecule has 2 aromatic heterocycles. The molecule has 1 atom stereocenters. The second-order valence-electron chi connectivity index (χ2n) is 6.15. The van der Waals surface area contributed by atoms with Crippen molar-refractivity contribution >= 4 is 0 Å². The first-order chi connectivity index (χ1) is 13.0. The van der Waals surface area contributed by atoms with Gasteiger partial charge >= 0.3 is 5.63 Å². The molecule has 1 aromatic carbocycles. The average Bonchev–Trinajstić information content (AvgIpc) is 3.14. The van der Waals surface area contributed by atoms with E-state index in [9.17, 15) is 9.59 Å². The summed E-state index contributed by atoms with van der Waals surface area (Å²) in [6.45, 7) is 8.25. The molecule has 3 N–H and O–H groups in total. The minimum absolute atomic E-state index is 0.288.